The summed E-state index contributed by atoms with van der Waals surface area (Å²) in [6.45, 7) is -0.406. The number of hydrogen-bond acceptors (Lipinski definition) is 3. The van der Waals surface area contributed by atoms with Crippen LogP contribution < -0.4 is 5.32 Å². The van der Waals surface area contributed by atoms with Crippen LogP contribution in [0.1, 0.15) is 29.0 Å². The second-order valence-electron chi connectivity index (χ2n) is 7.34. The average molecular weight is 420 g/mol. The molecule has 12 heteroatoms. The van der Waals surface area contributed by atoms with Crippen LogP contribution in [-0.4, -0.2) is 52.2 Å². The molecule has 1 spiro atoms. The maximum absolute atomic E-state index is 14.0. The van der Waals surface area contributed by atoms with E-state index in [2.05, 4.69) is 15.3 Å². The number of likely N-dealkylation sites (tertiary alicyclic amines) is 1. The van der Waals surface area contributed by atoms with E-state index in [-0.39, 0.29) is 37.1 Å². The molecule has 2 N–H and O–H groups in total. The van der Waals surface area contributed by atoms with Crippen molar-refractivity contribution in [1.29, 1.82) is 0 Å². The van der Waals surface area contributed by atoms with Crippen molar-refractivity contribution < 1.29 is 35.9 Å². The average Bonchev–Trinajstić information content (AvgIpc) is 3.02. The lowest BCUT2D eigenvalue weighted by molar-refractivity contribution is -0.143. The fourth-order valence-electron chi connectivity index (χ4n) is 3.66. The van der Waals surface area contributed by atoms with Gasteiger partial charge < -0.3 is 15.2 Å². The summed E-state index contributed by atoms with van der Waals surface area (Å²) < 4.78 is 79.0. The number of aromatic amines is 1. The fourth-order valence-corrected chi connectivity index (χ4v) is 3.66. The monoisotopic (exact) mass is 420 g/mol. The SMILES string of the molecule is O=C(NCC(=O)N1CCC2(C1)CC2(F)F)c1cc2c(F)c(C(F)(F)F)ncc2[nH]1. The highest BCUT2D eigenvalue weighted by Crippen LogP contribution is 2.64. The molecule has 1 aliphatic carbocycles. The number of nitrogens with one attached hydrogen (secondary N) is 2. The minimum absolute atomic E-state index is 0.0851. The number of nitrogens with zero attached hydrogens (tertiary/aromatic N) is 2. The number of rotatable bonds is 3. The third-order valence-corrected chi connectivity index (χ3v) is 5.45. The third-order valence-electron chi connectivity index (χ3n) is 5.45. The van der Waals surface area contributed by atoms with E-state index in [1.807, 2.05) is 0 Å². The molecule has 0 radical (unpaired) electrons. The Morgan fingerprint density at radius 2 is 2.00 bits per heavy atom. The molecule has 2 aliphatic rings. The summed E-state index contributed by atoms with van der Waals surface area (Å²) in [4.78, 5) is 31.0. The van der Waals surface area contributed by atoms with Crippen LogP contribution in [0.5, 0.6) is 0 Å². The Morgan fingerprint density at radius 1 is 1.31 bits per heavy atom. The first-order valence-electron chi connectivity index (χ1n) is 8.62. The second-order valence-corrected chi connectivity index (χ2v) is 7.34. The Kier molecular flexibility index (Phi) is 4.11. The molecule has 0 aromatic carbocycles. The third kappa shape index (κ3) is 3.19. The molecule has 3 heterocycles. The molecule has 2 aromatic heterocycles. The molecule has 1 saturated heterocycles. The fraction of sp³-hybridized carbons (Fsp3) is 0.471. The van der Waals surface area contributed by atoms with Crippen molar-refractivity contribution >= 4 is 22.7 Å². The highest BCUT2D eigenvalue weighted by atomic mass is 19.4. The van der Waals surface area contributed by atoms with E-state index in [1.165, 1.54) is 4.90 Å². The van der Waals surface area contributed by atoms with Crippen molar-refractivity contribution in [3.8, 4) is 0 Å². The molecule has 6 nitrogen and oxygen atoms in total. The predicted molar refractivity (Wildman–Crippen MR) is 86.6 cm³/mol. The summed E-state index contributed by atoms with van der Waals surface area (Å²) in [7, 11) is 0. The molecular weight excluding hydrogens is 406 g/mol. The second kappa shape index (κ2) is 6.10. The zero-order chi connectivity index (χ0) is 21.2. The Bertz CT molecular complexity index is 1020. The quantitative estimate of drug-likeness (QED) is 0.750. The summed E-state index contributed by atoms with van der Waals surface area (Å²) in [6, 6.07) is 0.886. The van der Waals surface area contributed by atoms with Crippen LogP contribution in [0.2, 0.25) is 0 Å². The van der Waals surface area contributed by atoms with Crippen LogP contribution >= 0.6 is 0 Å². The molecule has 156 valence electrons. The van der Waals surface area contributed by atoms with Gasteiger partial charge in [0.1, 0.15) is 5.69 Å². The maximum Gasteiger partial charge on any atom is 0.436 e. The van der Waals surface area contributed by atoms with E-state index in [1.54, 1.807) is 0 Å². The lowest BCUT2D eigenvalue weighted by atomic mass is 10.1. The standard InChI is InChI=1S/C17H14F6N4O2/c18-12-8-3-9(26-10(8)4-24-13(12)17(21,22)23)14(29)25-5-11(28)27-2-1-15(7-27)6-16(15,19)20/h3-4,26H,1-2,5-7H2,(H,25,29). The number of carbonyl (C=O) groups is 2. The molecule has 1 saturated carbocycles. The first kappa shape index (κ1) is 19.5. The Hall–Kier alpha value is -2.79. The van der Waals surface area contributed by atoms with Gasteiger partial charge in [-0.2, -0.15) is 13.2 Å². The molecular formula is C17H14F6N4O2. The normalized spacial score (nSPS) is 23.0. The first-order chi connectivity index (χ1) is 13.4. The van der Waals surface area contributed by atoms with Crippen molar-refractivity contribution in [3.63, 3.8) is 0 Å². The summed E-state index contributed by atoms with van der Waals surface area (Å²) in [5.41, 5.74) is -3.25. The van der Waals surface area contributed by atoms with Crippen molar-refractivity contribution in [2.45, 2.75) is 24.9 Å². The smallest absolute Gasteiger partial charge is 0.349 e. The number of halogens is 6. The Labute approximate surface area is 159 Å². The predicted octanol–water partition coefficient (Wildman–Crippen LogP) is 2.71. The highest BCUT2D eigenvalue weighted by Gasteiger charge is 2.72. The van der Waals surface area contributed by atoms with E-state index in [9.17, 15) is 35.9 Å². The highest BCUT2D eigenvalue weighted by molar-refractivity contribution is 5.99. The van der Waals surface area contributed by atoms with Gasteiger partial charge in [-0.05, 0) is 12.5 Å². The summed E-state index contributed by atoms with van der Waals surface area (Å²) in [5.74, 6) is -5.80. The number of fused-ring (bicyclic) bond motifs is 1. The van der Waals surface area contributed by atoms with E-state index in [0.717, 1.165) is 12.3 Å². The van der Waals surface area contributed by atoms with Crippen LogP contribution in [0.3, 0.4) is 0 Å². The molecule has 1 unspecified atom stereocenters. The Balaban J connectivity index is 1.42. The summed E-state index contributed by atoms with van der Waals surface area (Å²) in [5, 5.41) is 1.78. The van der Waals surface area contributed by atoms with Gasteiger partial charge in [0, 0.05) is 24.9 Å². The molecule has 4 rings (SSSR count). The summed E-state index contributed by atoms with van der Waals surface area (Å²) >= 11 is 0. The van der Waals surface area contributed by atoms with Crippen molar-refractivity contribution in [2.24, 2.45) is 5.41 Å². The van der Waals surface area contributed by atoms with Gasteiger partial charge in [0.15, 0.2) is 11.5 Å². The lowest BCUT2D eigenvalue weighted by Gasteiger charge is -2.16. The van der Waals surface area contributed by atoms with Crippen LogP contribution in [0, 0.1) is 11.2 Å². The minimum atomic E-state index is -4.99. The largest absolute Gasteiger partial charge is 0.436 e. The van der Waals surface area contributed by atoms with Gasteiger partial charge >= 0.3 is 6.18 Å². The van der Waals surface area contributed by atoms with Crippen molar-refractivity contribution in [1.82, 2.24) is 20.2 Å². The van der Waals surface area contributed by atoms with E-state index in [4.69, 9.17) is 0 Å². The number of aromatic nitrogens is 2. The Morgan fingerprint density at radius 3 is 2.59 bits per heavy atom. The molecule has 2 amide bonds. The van der Waals surface area contributed by atoms with Gasteiger partial charge in [-0.3, -0.25) is 9.59 Å². The van der Waals surface area contributed by atoms with Gasteiger partial charge in [0.05, 0.1) is 23.7 Å². The molecule has 2 fully saturated rings. The maximum atomic E-state index is 14.0. The van der Waals surface area contributed by atoms with Crippen LogP contribution in [0.15, 0.2) is 12.3 Å². The minimum Gasteiger partial charge on any atom is -0.349 e. The van der Waals surface area contributed by atoms with E-state index in [0.29, 0.717) is 0 Å². The van der Waals surface area contributed by atoms with Crippen molar-refractivity contribution in [2.75, 3.05) is 19.6 Å². The molecule has 0 bridgehead atoms. The van der Waals surface area contributed by atoms with E-state index >= 15 is 0 Å². The molecule has 1 atom stereocenters. The lowest BCUT2D eigenvalue weighted by Crippen LogP contribution is -2.39. The zero-order valence-electron chi connectivity index (χ0n) is 14.7. The number of hydrogen-bond donors (Lipinski definition) is 2. The number of pyridine rings is 1. The van der Waals surface area contributed by atoms with Gasteiger partial charge in [0.2, 0.25) is 5.91 Å². The van der Waals surface area contributed by atoms with Gasteiger partial charge in [-0.1, -0.05) is 0 Å². The summed E-state index contributed by atoms with van der Waals surface area (Å²) in [6.07, 6.45) is -4.31. The molecule has 2 aromatic rings. The van der Waals surface area contributed by atoms with E-state index < -0.39 is 52.8 Å². The zero-order valence-corrected chi connectivity index (χ0v) is 14.7. The van der Waals surface area contributed by atoms with Crippen molar-refractivity contribution in [3.05, 3.63) is 29.5 Å². The van der Waals surface area contributed by atoms with Crippen LogP contribution in [-0.2, 0) is 11.0 Å². The molecule has 29 heavy (non-hydrogen) atoms. The number of carbonyl (C=O) groups excluding carboxylic acids is 2. The topological polar surface area (TPSA) is 78.1 Å². The van der Waals surface area contributed by atoms with Crippen LogP contribution in [0.25, 0.3) is 10.9 Å². The van der Waals surface area contributed by atoms with Crippen LogP contribution in [0.4, 0.5) is 26.3 Å². The number of amides is 2. The van der Waals surface area contributed by atoms with Gasteiger partial charge in [-0.15, -0.1) is 0 Å². The van der Waals surface area contributed by atoms with Gasteiger partial charge in [-0.25, -0.2) is 18.2 Å². The number of H-pyrrole nitrogens is 1. The first-order valence-corrected chi connectivity index (χ1v) is 8.62. The molecule has 1 aliphatic heterocycles. The van der Waals surface area contributed by atoms with Gasteiger partial charge in [0.25, 0.3) is 11.8 Å². The number of alkyl halides is 5.